The quantitative estimate of drug-likeness (QED) is 0.648. The van der Waals surface area contributed by atoms with Gasteiger partial charge in [0.25, 0.3) is 0 Å². The third kappa shape index (κ3) is 1.53. The predicted molar refractivity (Wildman–Crippen MR) is 55.8 cm³/mol. The van der Waals surface area contributed by atoms with Gasteiger partial charge in [-0.1, -0.05) is 11.6 Å². The van der Waals surface area contributed by atoms with Crippen LogP contribution in [0, 0.1) is 0 Å². The van der Waals surface area contributed by atoms with E-state index in [0.717, 1.165) is 9.50 Å². The van der Waals surface area contributed by atoms with E-state index in [1.165, 1.54) is 36.8 Å². The average Bonchev–Trinajstić information content (AvgIpc) is 2.07. The van der Waals surface area contributed by atoms with E-state index in [2.05, 4.69) is 28.1 Å². The van der Waals surface area contributed by atoms with Gasteiger partial charge in [0, 0.05) is 4.47 Å². The summed E-state index contributed by atoms with van der Waals surface area (Å²) in [5.74, 6) is 0. The molecule has 1 aromatic rings. The SMILES string of the molecule is Clc1cc2c(cc1Br)CCCC2. The van der Waals surface area contributed by atoms with E-state index in [1.54, 1.807) is 0 Å². The second-order valence-corrected chi connectivity index (χ2v) is 4.50. The first-order valence-corrected chi connectivity index (χ1v) is 5.41. The van der Waals surface area contributed by atoms with E-state index < -0.39 is 0 Å². The smallest absolute Gasteiger partial charge is 0.0551 e. The van der Waals surface area contributed by atoms with Crippen LogP contribution in [0.25, 0.3) is 0 Å². The molecule has 0 radical (unpaired) electrons. The lowest BCUT2D eigenvalue weighted by atomic mass is 9.92. The Bertz CT molecular complexity index is 276. The zero-order valence-corrected chi connectivity index (χ0v) is 9.08. The van der Waals surface area contributed by atoms with Crippen molar-refractivity contribution in [3.05, 3.63) is 32.8 Å². The molecule has 0 fully saturated rings. The van der Waals surface area contributed by atoms with Crippen LogP contribution in [-0.4, -0.2) is 0 Å². The lowest BCUT2D eigenvalue weighted by Gasteiger charge is -2.16. The Balaban J connectivity index is 2.49. The third-order valence-electron chi connectivity index (χ3n) is 2.38. The van der Waals surface area contributed by atoms with Gasteiger partial charge < -0.3 is 0 Å². The molecule has 0 bridgehead atoms. The molecule has 0 unspecified atom stereocenters. The zero-order valence-electron chi connectivity index (χ0n) is 6.74. The van der Waals surface area contributed by atoms with E-state index in [4.69, 9.17) is 11.6 Å². The molecule has 1 aliphatic rings. The fourth-order valence-corrected chi connectivity index (χ4v) is 2.30. The van der Waals surface area contributed by atoms with Gasteiger partial charge in [-0.25, -0.2) is 0 Å². The maximum Gasteiger partial charge on any atom is 0.0551 e. The maximum absolute atomic E-state index is 6.00. The summed E-state index contributed by atoms with van der Waals surface area (Å²) in [5, 5.41) is 0.843. The topological polar surface area (TPSA) is 0 Å². The van der Waals surface area contributed by atoms with Gasteiger partial charge in [-0.3, -0.25) is 0 Å². The van der Waals surface area contributed by atoms with Gasteiger partial charge in [0.2, 0.25) is 0 Å². The van der Waals surface area contributed by atoms with Crippen molar-refractivity contribution >= 4 is 27.5 Å². The molecular formula is C10H10BrCl. The largest absolute Gasteiger partial charge is 0.0831 e. The summed E-state index contributed by atoms with van der Waals surface area (Å²) in [6, 6.07) is 4.26. The molecule has 0 N–H and O–H groups in total. The first-order chi connectivity index (χ1) is 5.77. The highest BCUT2D eigenvalue weighted by atomic mass is 79.9. The molecule has 1 aliphatic carbocycles. The highest BCUT2D eigenvalue weighted by molar-refractivity contribution is 9.10. The Labute approximate surface area is 86.1 Å². The number of benzene rings is 1. The number of hydrogen-bond donors (Lipinski definition) is 0. The summed E-state index contributed by atoms with van der Waals surface area (Å²) < 4.78 is 1.03. The van der Waals surface area contributed by atoms with Crippen molar-refractivity contribution < 1.29 is 0 Å². The van der Waals surface area contributed by atoms with Crippen molar-refractivity contribution in [2.24, 2.45) is 0 Å². The maximum atomic E-state index is 6.00. The fourth-order valence-electron chi connectivity index (χ4n) is 1.73. The van der Waals surface area contributed by atoms with Crippen molar-refractivity contribution in [1.82, 2.24) is 0 Å². The zero-order chi connectivity index (χ0) is 8.55. The highest BCUT2D eigenvalue weighted by Gasteiger charge is 2.10. The van der Waals surface area contributed by atoms with Crippen molar-refractivity contribution in [3.63, 3.8) is 0 Å². The first-order valence-electron chi connectivity index (χ1n) is 4.24. The van der Waals surface area contributed by atoms with Gasteiger partial charge in [0.05, 0.1) is 5.02 Å². The van der Waals surface area contributed by atoms with Crippen molar-refractivity contribution in [1.29, 1.82) is 0 Å². The minimum atomic E-state index is 0.843. The van der Waals surface area contributed by atoms with E-state index in [-0.39, 0.29) is 0 Å². The molecule has 0 atom stereocenters. The molecule has 0 spiro atoms. The Hall–Kier alpha value is -0.0100. The fraction of sp³-hybridized carbons (Fsp3) is 0.400. The van der Waals surface area contributed by atoms with Crippen molar-refractivity contribution in [2.45, 2.75) is 25.7 Å². The number of hydrogen-bond acceptors (Lipinski definition) is 0. The minimum absolute atomic E-state index is 0.843. The Morgan fingerprint density at radius 1 is 1.08 bits per heavy atom. The van der Waals surface area contributed by atoms with Crippen LogP contribution in [0.3, 0.4) is 0 Å². The van der Waals surface area contributed by atoms with Crippen LogP contribution < -0.4 is 0 Å². The molecule has 2 rings (SSSR count). The second kappa shape index (κ2) is 3.39. The molecule has 1 aromatic carbocycles. The normalized spacial score (nSPS) is 15.8. The van der Waals surface area contributed by atoms with Crippen LogP contribution in [0.5, 0.6) is 0 Å². The minimum Gasteiger partial charge on any atom is -0.0831 e. The van der Waals surface area contributed by atoms with E-state index >= 15 is 0 Å². The van der Waals surface area contributed by atoms with E-state index in [9.17, 15) is 0 Å². The van der Waals surface area contributed by atoms with Crippen LogP contribution in [-0.2, 0) is 12.8 Å². The van der Waals surface area contributed by atoms with Gasteiger partial charge in [0.1, 0.15) is 0 Å². The van der Waals surface area contributed by atoms with Gasteiger partial charge in [-0.05, 0) is 64.9 Å². The molecule has 0 amide bonds. The Morgan fingerprint density at radius 2 is 1.67 bits per heavy atom. The average molecular weight is 246 g/mol. The highest BCUT2D eigenvalue weighted by Crippen LogP contribution is 2.30. The van der Waals surface area contributed by atoms with Crippen molar-refractivity contribution in [3.8, 4) is 0 Å². The van der Waals surface area contributed by atoms with Gasteiger partial charge in [-0.2, -0.15) is 0 Å². The van der Waals surface area contributed by atoms with Crippen LogP contribution in [0.15, 0.2) is 16.6 Å². The summed E-state index contributed by atoms with van der Waals surface area (Å²) in [7, 11) is 0. The Kier molecular flexibility index (Phi) is 2.42. The number of halogens is 2. The Morgan fingerprint density at radius 3 is 2.33 bits per heavy atom. The molecule has 0 aromatic heterocycles. The van der Waals surface area contributed by atoms with Gasteiger partial charge in [-0.15, -0.1) is 0 Å². The van der Waals surface area contributed by atoms with Crippen LogP contribution in [0.1, 0.15) is 24.0 Å². The second-order valence-electron chi connectivity index (χ2n) is 3.24. The number of fused-ring (bicyclic) bond motifs is 1. The summed E-state index contributed by atoms with van der Waals surface area (Å²) in [6.07, 6.45) is 5.04. The molecule has 2 heteroatoms. The third-order valence-corrected chi connectivity index (χ3v) is 3.58. The summed E-state index contributed by atoms with van der Waals surface area (Å²) in [5.41, 5.74) is 2.91. The standard InChI is InChI=1S/C10H10BrCl/c11-9-5-7-3-1-2-4-8(7)6-10(9)12/h5-6H,1-4H2. The molecular weight excluding hydrogens is 235 g/mol. The van der Waals surface area contributed by atoms with E-state index in [1.807, 2.05) is 0 Å². The first kappa shape index (κ1) is 8.58. The molecule has 0 nitrogen and oxygen atoms in total. The molecule has 64 valence electrons. The van der Waals surface area contributed by atoms with Gasteiger partial charge in [0.15, 0.2) is 0 Å². The number of aryl methyl sites for hydroxylation is 2. The molecule has 0 saturated carbocycles. The van der Waals surface area contributed by atoms with Crippen LogP contribution in [0.4, 0.5) is 0 Å². The molecule has 0 heterocycles. The lowest BCUT2D eigenvalue weighted by molar-refractivity contribution is 0.685. The summed E-state index contributed by atoms with van der Waals surface area (Å²) in [6.45, 7) is 0. The summed E-state index contributed by atoms with van der Waals surface area (Å²) in [4.78, 5) is 0. The number of rotatable bonds is 0. The van der Waals surface area contributed by atoms with E-state index in [0.29, 0.717) is 0 Å². The lowest BCUT2D eigenvalue weighted by Crippen LogP contribution is -2.02. The molecule has 0 aliphatic heterocycles. The van der Waals surface area contributed by atoms with Crippen LogP contribution >= 0.6 is 27.5 Å². The van der Waals surface area contributed by atoms with Gasteiger partial charge >= 0.3 is 0 Å². The molecule has 0 saturated heterocycles. The molecule has 12 heavy (non-hydrogen) atoms. The summed E-state index contributed by atoms with van der Waals surface area (Å²) >= 11 is 9.44. The van der Waals surface area contributed by atoms with Crippen molar-refractivity contribution in [2.75, 3.05) is 0 Å². The predicted octanol–water partition coefficient (Wildman–Crippen LogP) is 3.98. The monoisotopic (exact) mass is 244 g/mol. The van der Waals surface area contributed by atoms with Crippen LogP contribution in [0.2, 0.25) is 5.02 Å².